The van der Waals surface area contributed by atoms with Crippen LogP contribution in [0, 0.1) is 13.8 Å². The molecule has 0 radical (unpaired) electrons. The van der Waals surface area contributed by atoms with Gasteiger partial charge in [0, 0.05) is 10.9 Å². The molecular weight excluding hydrogens is 378 g/mol. The summed E-state index contributed by atoms with van der Waals surface area (Å²) in [5.74, 6) is 0.232. The summed E-state index contributed by atoms with van der Waals surface area (Å²) in [7, 11) is 0. The second-order valence-corrected chi connectivity index (χ2v) is 8.17. The lowest BCUT2D eigenvalue weighted by atomic mass is 9.90. The van der Waals surface area contributed by atoms with Gasteiger partial charge in [-0.05, 0) is 57.5 Å². The molecule has 6 heteroatoms. The van der Waals surface area contributed by atoms with E-state index >= 15 is 0 Å². The average molecular weight is 398 g/mol. The fourth-order valence-electron chi connectivity index (χ4n) is 3.61. The van der Waals surface area contributed by atoms with Gasteiger partial charge in [-0.1, -0.05) is 17.7 Å². The lowest BCUT2D eigenvalue weighted by Gasteiger charge is -2.31. The molecule has 0 saturated carbocycles. The van der Waals surface area contributed by atoms with Crippen LogP contribution >= 0.6 is 11.6 Å². The van der Waals surface area contributed by atoms with Crippen molar-refractivity contribution >= 4 is 39.9 Å². The maximum absolute atomic E-state index is 12.8. The van der Waals surface area contributed by atoms with E-state index in [2.05, 4.69) is 5.32 Å². The molecule has 2 aromatic carbocycles. The minimum atomic E-state index is -0.558. The molecule has 28 heavy (non-hydrogen) atoms. The Morgan fingerprint density at radius 2 is 1.93 bits per heavy atom. The fraction of sp³-hybridized carbons (Fsp3) is 0.273. The lowest BCUT2D eigenvalue weighted by Crippen LogP contribution is -2.35. The molecule has 3 aromatic rings. The van der Waals surface area contributed by atoms with Gasteiger partial charge in [-0.25, -0.2) is 0 Å². The van der Waals surface area contributed by atoms with Gasteiger partial charge in [-0.3, -0.25) is 9.59 Å². The highest BCUT2D eigenvalue weighted by Gasteiger charge is 2.35. The first kappa shape index (κ1) is 18.6. The third-order valence-corrected chi connectivity index (χ3v) is 5.20. The molecule has 144 valence electrons. The third-order valence-electron chi connectivity index (χ3n) is 4.89. The zero-order valence-corrected chi connectivity index (χ0v) is 16.9. The lowest BCUT2D eigenvalue weighted by molar-refractivity contribution is 0.0623. The number of hydrogen-bond acceptors (Lipinski definition) is 4. The summed E-state index contributed by atoms with van der Waals surface area (Å²) in [6, 6.07) is 8.83. The summed E-state index contributed by atoms with van der Waals surface area (Å²) in [4.78, 5) is 25.6. The summed E-state index contributed by atoms with van der Waals surface area (Å²) in [5, 5.41) is 3.85. The summed E-state index contributed by atoms with van der Waals surface area (Å²) in [6.45, 7) is 7.45. The van der Waals surface area contributed by atoms with E-state index in [0.29, 0.717) is 38.6 Å². The minimum Gasteiger partial charge on any atom is -0.487 e. The van der Waals surface area contributed by atoms with Gasteiger partial charge in [0.25, 0.3) is 5.91 Å². The molecule has 0 spiro atoms. The third kappa shape index (κ3) is 3.06. The standard InChI is InChI=1S/C22H20ClNO4/c1-11-5-6-14(13(23)9-11)24-21(26)20-12(2)18-16(27-20)7-8-17-19(18)15(25)10-22(3,4)28-17/h5-9H,10H2,1-4H3,(H,24,26). The number of Topliss-reactive ketones (excluding diaryl/α,β-unsaturated/α-hetero) is 1. The van der Waals surface area contributed by atoms with Crippen molar-refractivity contribution in [2.45, 2.75) is 39.7 Å². The van der Waals surface area contributed by atoms with Crippen molar-refractivity contribution in [3.05, 3.63) is 57.8 Å². The molecule has 4 rings (SSSR count). The fourth-order valence-corrected chi connectivity index (χ4v) is 3.89. The molecule has 1 aliphatic heterocycles. The average Bonchev–Trinajstić information content (AvgIpc) is 2.93. The van der Waals surface area contributed by atoms with E-state index in [1.807, 2.05) is 26.8 Å². The number of ketones is 1. The highest BCUT2D eigenvalue weighted by Crippen LogP contribution is 2.40. The molecule has 1 N–H and O–H groups in total. The molecule has 0 bridgehead atoms. The van der Waals surface area contributed by atoms with Gasteiger partial charge in [0.2, 0.25) is 0 Å². The van der Waals surface area contributed by atoms with Crippen molar-refractivity contribution in [3.63, 3.8) is 0 Å². The van der Waals surface area contributed by atoms with Crippen molar-refractivity contribution in [3.8, 4) is 5.75 Å². The topological polar surface area (TPSA) is 68.5 Å². The predicted molar refractivity (Wildman–Crippen MR) is 109 cm³/mol. The maximum atomic E-state index is 12.8. The van der Waals surface area contributed by atoms with Crippen LogP contribution in [0.25, 0.3) is 11.0 Å². The van der Waals surface area contributed by atoms with E-state index in [1.54, 1.807) is 31.2 Å². The summed E-state index contributed by atoms with van der Waals surface area (Å²) in [6.07, 6.45) is 0.268. The largest absolute Gasteiger partial charge is 0.487 e. The highest BCUT2D eigenvalue weighted by molar-refractivity contribution is 6.34. The van der Waals surface area contributed by atoms with Crippen molar-refractivity contribution in [2.24, 2.45) is 0 Å². The number of rotatable bonds is 2. The molecule has 5 nitrogen and oxygen atoms in total. The van der Waals surface area contributed by atoms with E-state index in [1.165, 1.54) is 0 Å². The van der Waals surface area contributed by atoms with E-state index in [9.17, 15) is 9.59 Å². The molecule has 0 unspecified atom stereocenters. The van der Waals surface area contributed by atoms with Crippen LogP contribution in [0.3, 0.4) is 0 Å². The van der Waals surface area contributed by atoms with E-state index in [0.717, 1.165) is 5.56 Å². The smallest absolute Gasteiger partial charge is 0.291 e. The van der Waals surface area contributed by atoms with Gasteiger partial charge in [0.05, 0.1) is 22.7 Å². The number of aryl methyl sites for hydroxylation is 2. The molecule has 0 saturated heterocycles. The molecule has 0 atom stereocenters. The molecule has 0 fully saturated rings. The number of carbonyl (C=O) groups is 2. The monoisotopic (exact) mass is 397 g/mol. The zero-order chi connectivity index (χ0) is 20.2. The normalized spacial score (nSPS) is 15.2. The summed E-state index contributed by atoms with van der Waals surface area (Å²) in [5.41, 5.74) is 2.50. The van der Waals surface area contributed by atoms with Crippen molar-refractivity contribution < 1.29 is 18.7 Å². The van der Waals surface area contributed by atoms with Crippen LogP contribution in [0.4, 0.5) is 5.69 Å². The van der Waals surface area contributed by atoms with Gasteiger partial charge in [-0.15, -0.1) is 0 Å². The molecular formula is C22H20ClNO4. The number of nitrogens with one attached hydrogen (secondary N) is 1. The number of fused-ring (bicyclic) bond motifs is 3. The van der Waals surface area contributed by atoms with Gasteiger partial charge in [-0.2, -0.15) is 0 Å². The molecule has 0 aliphatic carbocycles. The number of benzene rings is 2. The van der Waals surface area contributed by atoms with E-state index in [-0.39, 0.29) is 18.0 Å². The Labute approximate surface area is 167 Å². The first-order valence-corrected chi connectivity index (χ1v) is 9.40. The Morgan fingerprint density at radius 1 is 1.18 bits per heavy atom. The van der Waals surface area contributed by atoms with Crippen LogP contribution in [0.2, 0.25) is 5.02 Å². The Bertz CT molecular complexity index is 1140. The predicted octanol–water partition coefficient (Wildman–Crippen LogP) is 5.70. The number of anilines is 1. The summed E-state index contributed by atoms with van der Waals surface area (Å²) < 4.78 is 11.8. The Hall–Kier alpha value is -2.79. The number of halogens is 1. The van der Waals surface area contributed by atoms with Crippen LogP contribution in [0.15, 0.2) is 34.7 Å². The van der Waals surface area contributed by atoms with Crippen molar-refractivity contribution in [1.82, 2.24) is 0 Å². The van der Waals surface area contributed by atoms with Crippen LogP contribution in [0.1, 0.15) is 52.3 Å². The molecule has 1 aliphatic rings. The Kier molecular flexibility index (Phi) is 4.23. The summed E-state index contributed by atoms with van der Waals surface area (Å²) >= 11 is 6.21. The molecule has 2 heterocycles. The Balaban J connectivity index is 1.77. The molecule has 1 aromatic heterocycles. The van der Waals surface area contributed by atoms with Gasteiger partial charge in [0.1, 0.15) is 16.9 Å². The second-order valence-electron chi connectivity index (χ2n) is 7.77. The van der Waals surface area contributed by atoms with Gasteiger partial charge >= 0.3 is 0 Å². The number of carbonyl (C=O) groups excluding carboxylic acids is 2. The Morgan fingerprint density at radius 3 is 2.64 bits per heavy atom. The van der Waals surface area contributed by atoms with Crippen LogP contribution in [0.5, 0.6) is 5.75 Å². The molecule has 1 amide bonds. The number of ether oxygens (including phenoxy) is 1. The number of hydrogen-bond donors (Lipinski definition) is 1. The maximum Gasteiger partial charge on any atom is 0.291 e. The van der Waals surface area contributed by atoms with Crippen molar-refractivity contribution in [1.29, 1.82) is 0 Å². The SMILES string of the molecule is Cc1ccc(NC(=O)c2oc3ccc4c(c3c2C)C(=O)CC(C)(C)O4)c(Cl)c1. The van der Waals surface area contributed by atoms with Crippen LogP contribution in [-0.4, -0.2) is 17.3 Å². The first-order chi connectivity index (χ1) is 13.2. The van der Waals surface area contributed by atoms with Crippen molar-refractivity contribution in [2.75, 3.05) is 5.32 Å². The number of amides is 1. The van der Waals surface area contributed by atoms with Gasteiger partial charge < -0.3 is 14.5 Å². The van der Waals surface area contributed by atoms with E-state index < -0.39 is 11.5 Å². The van der Waals surface area contributed by atoms with Gasteiger partial charge in [0.15, 0.2) is 11.5 Å². The van der Waals surface area contributed by atoms with E-state index in [4.69, 9.17) is 20.8 Å². The highest BCUT2D eigenvalue weighted by atomic mass is 35.5. The first-order valence-electron chi connectivity index (χ1n) is 9.02. The number of furan rings is 1. The van der Waals surface area contributed by atoms with Crippen LogP contribution < -0.4 is 10.1 Å². The second kappa shape index (κ2) is 6.38. The minimum absolute atomic E-state index is 0.0192. The zero-order valence-electron chi connectivity index (χ0n) is 16.1. The van der Waals surface area contributed by atoms with Crippen LogP contribution in [-0.2, 0) is 0 Å². The quantitative estimate of drug-likeness (QED) is 0.602.